The molecule has 0 saturated heterocycles. The van der Waals surface area contributed by atoms with Gasteiger partial charge in [-0.3, -0.25) is 0 Å². The zero-order valence-electron chi connectivity index (χ0n) is 11.2. The summed E-state index contributed by atoms with van der Waals surface area (Å²) < 4.78 is 2.12. The first-order chi connectivity index (χ1) is 9.60. The van der Waals surface area contributed by atoms with Crippen molar-refractivity contribution in [3.63, 3.8) is 0 Å². The minimum Gasteiger partial charge on any atom is -0.319 e. The summed E-state index contributed by atoms with van der Waals surface area (Å²) in [5.41, 5.74) is 2.50. The van der Waals surface area contributed by atoms with Crippen molar-refractivity contribution in [3.05, 3.63) is 67.6 Å². The molecule has 4 heteroatoms. The highest BCUT2D eigenvalue weighted by Gasteiger charge is 2.13. The highest BCUT2D eigenvalue weighted by molar-refractivity contribution is 9.10. The minimum absolute atomic E-state index is 0.409. The Bertz CT molecular complexity index is 569. The molecule has 0 aliphatic rings. The lowest BCUT2D eigenvalue weighted by Gasteiger charge is -2.18. The van der Waals surface area contributed by atoms with Crippen LogP contribution in [0.3, 0.4) is 0 Å². The first-order valence-corrected chi connectivity index (χ1v) is 8.40. The van der Waals surface area contributed by atoms with Crippen LogP contribution in [0.2, 0.25) is 5.02 Å². The molecule has 1 atom stereocenters. The van der Waals surface area contributed by atoms with Gasteiger partial charge in [0.2, 0.25) is 0 Å². The van der Waals surface area contributed by atoms with E-state index in [-0.39, 0.29) is 0 Å². The van der Waals surface area contributed by atoms with Gasteiger partial charge in [0, 0.05) is 26.4 Å². The van der Waals surface area contributed by atoms with Gasteiger partial charge in [0.25, 0.3) is 0 Å². The first kappa shape index (κ1) is 16.0. The largest absolute Gasteiger partial charge is 0.319 e. The third kappa shape index (κ3) is 4.32. The topological polar surface area (TPSA) is 12.0 Å². The van der Waals surface area contributed by atoms with Gasteiger partial charge in [-0.2, -0.15) is 0 Å². The van der Waals surface area contributed by atoms with E-state index in [1.165, 1.54) is 11.1 Å². The van der Waals surface area contributed by atoms with Crippen molar-refractivity contribution in [2.24, 2.45) is 0 Å². The monoisotopic (exact) mass is 415 g/mol. The molecular weight excluding hydrogens is 401 g/mol. The fraction of sp³-hybridized carbons (Fsp3) is 0.250. The lowest BCUT2D eigenvalue weighted by atomic mass is 9.92. The average Bonchev–Trinajstić information content (AvgIpc) is 2.42. The van der Waals surface area contributed by atoms with Gasteiger partial charge in [0.1, 0.15) is 0 Å². The molecule has 1 unspecified atom stereocenters. The predicted molar refractivity (Wildman–Crippen MR) is 93.7 cm³/mol. The Morgan fingerprint density at radius 1 is 1.05 bits per heavy atom. The van der Waals surface area contributed by atoms with E-state index in [1.807, 2.05) is 19.2 Å². The maximum atomic E-state index is 6.33. The summed E-state index contributed by atoms with van der Waals surface area (Å²) in [6.07, 6.45) is 0.925. The van der Waals surface area contributed by atoms with Crippen molar-refractivity contribution in [1.29, 1.82) is 0 Å². The molecule has 1 N–H and O–H groups in total. The van der Waals surface area contributed by atoms with Gasteiger partial charge in [-0.1, -0.05) is 61.7 Å². The Morgan fingerprint density at radius 2 is 1.70 bits per heavy atom. The van der Waals surface area contributed by atoms with E-state index in [9.17, 15) is 0 Å². The zero-order valence-corrected chi connectivity index (χ0v) is 15.1. The maximum Gasteiger partial charge on any atom is 0.0449 e. The van der Waals surface area contributed by atoms with Gasteiger partial charge in [0.05, 0.1) is 0 Å². The van der Waals surface area contributed by atoms with Crippen LogP contribution in [0.4, 0.5) is 0 Å². The smallest absolute Gasteiger partial charge is 0.0449 e. The van der Waals surface area contributed by atoms with E-state index >= 15 is 0 Å². The van der Waals surface area contributed by atoms with Crippen LogP contribution in [0.15, 0.2) is 51.4 Å². The Balaban J connectivity index is 2.22. The second kappa shape index (κ2) is 7.60. The van der Waals surface area contributed by atoms with E-state index < -0.39 is 0 Å². The molecule has 0 aliphatic carbocycles. The van der Waals surface area contributed by atoms with Crippen molar-refractivity contribution in [2.75, 3.05) is 13.6 Å². The third-order valence-corrected chi connectivity index (χ3v) is 4.65. The van der Waals surface area contributed by atoms with E-state index in [4.69, 9.17) is 11.6 Å². The molecule has 0 aromatic heterocycles. The molecule has 2 rings (SSSR count). The molecule has 0 saturated carbocycles. The number of nitrogens with one attached hydrogen (secondary N) is 1. The summed E-state index contributed by atoms with van der Waals surface area (Å²) in [5.74, 6) is 0.409. The molecular formula is C16H16Br2ClN. The molecule has 1 nitrogen and oxygen atoms in total. The van der Waals surface area contributed by atoms with Crippen molar-refractivity contribution in [3.8, 4) is 0 Å². The number of hydrogen-bond acceptors (Lipinski definition) is 1. The first-order valence-electron chi connectivity index (χ1n) is 6.44. The number of rotatable bonds is 5. The minimum atomic E-state index is 0.409. The highest BCUT2D eigenvalue weighted by Crippen LogP contribution is 2.28. The quantitative estimate of drug-likeness (QED) is 0.686. The van der Waals surface area contributed by atoms with Crippen molar-refractivity contribution in [2.45, 2.75) is 12.3 Å². The maximum absolute atomic E-state index is 6.33. The molecule has 106 valence electrons. The van der Waals surface area contributed by atoms with E-state index in [0.29, 0.717) is 5.92 Å². The molecule has 0 radical (unpaired) electrons. The lowest BCUT2D eigenvalue weighted by Crippen LogP contribution is -2.19. The van der Waals surface area contributed by atoms with E-state index in [2.05, 4.69) is 67.5 Å². The van der Waals surface area contributed by atoms with Gasteiger partial charge in [0.15, 0.2) is 0 Å². The van der Waals surface area contributed by atoms with Crippen LogP contribution in [0.1, 0.15) is 17.0 Å². The van der Waals surface area contributed by atoms with Gasteiger partial charge in [-0.15, -0.1) is 0 Å². The molecule has 0 aliphatic heterocycles. The number of hydrogen-bond donors (Lipinski definition) is 1. The molecule has 20 heavy (non-hydrogen) atoms. The van der Waals surface area contributed by atoms with Gasteiger partial charge >= 0.3 is 0 Å². The lowest BCUT2D eigenvalue weighted by molar-refractivity contribution is 0.626. The van der Waals surface area contributed by atoms with E-state index in [1.54, 1.807) is 0 Å². The van der Waals surface area contributed by atoms with Crippen LogP contribution in [-0.4, -0.2) is 13.6 Å². The highest BCUT2D eigenvalue weighted by atomic mass is 79.9. The summed E-state index contributed by atoms with van der Waals surface area (Å²) in [5, 5.41) is 4.09. The molecule has 2 aromatic carbocycles. The van der Waals surface area contributed by atoms with Crippen molar-refractivity contribution in [1.82, 2.24) is 5.32 Å². The fourth-order valence-corrected chi connectivity index (χ4v) is 3.26. The summed E-state index contributed by atoms with van der Waals surface area (Å²) in [4.78, 5) is 0. The van der Waals surface area contributed by atoms with Crippen LogP contribution in [0.25, 0.3) is 0 Å². The second-order valence-corrected chi connectivity index (χ2v) is 6.98. The summed E-state index contributed by atoms with van der Waals surface area (Å²) in [6, 6.07) is 14.6. The fourth-order valence-electron chi connectivity index (χ4n) is 2.24. The van der Waals surface area contributed by atoms with Crippen LogP contribution in [0, 0.1) is 0 Å². The average molecular weight is 418 g/mol. The van der Waals surface area contributed by atoms with Crippen molar-refractivity contribution >= 4 is 43.5 Å². The Labute approximate surface area is 142 Å². The van der Waals surface area contributed by atoms with E-state index in [0.717, 1.165) is 26.9 Å². The third-order valence-electron chi connectivity index (χ3n) is 3.27. The summed E-state index contributed by atoms with van der Waals surface area (Å²) in [7, 11) is 1.98. The number of halogens is 3. The van der Waals surface area contributed by atoms with Gasteiger partial charge in [-0.25, -0.2) is 0 Å². The number of benzene rings is 2. The Morgan fingerprint density at radius 3 is 2.30 bits per heavy atom. The van der Waals surface area contributed by atoms with Crippen LogP contribution in [-0.2, 0) is 6.42 Å². The van der Waals surface area contributed by atoms with Crippen LogP contribution >= 0.6 is 43.5 Å². The predicted octanol–water partition coefficient (Wildman–Crippen LogP) is 5.41. The van der Waals surface area contributed by atoms with Crippen molar-refractivity contribution < 1.29 is 0 Å². The molecule has 0 fully saturated rings. The molecule has 0 bridgehead atoms. The molecule has 0 amide bonds. The summed E-state index contributed by atoms with van der Waals surface area (Å²) >= 11 is 13.3. The standard InChI is InChI=1S/C16H16Br2ClN/c1-20-10-13(11-2-5-14(17)6-3-11)8-12-4-7-15(18)9-16(12)19/h2-7,9,13,20H,8,10H2,1H3. The normalized spacial score (nSPS) is 12.4. The van der Waals surface area contributed by atoms with Crippen LogP contribution < -0.4 is 5.32 Å². The van der Waals surface area contributed by atoms with Gasteiger partial charge < -0.3 is 5.32 Å². The molecule has 0 spiro atoms. The van der Waals surface area contributed by atoms with Gasteiger partial charge in [-0.05, 0) is 48.9 Å². The zero-order chi connectivity index (χ0) is 14.5. The molecule has 0 heterocycles. The van der Waals surface area contributed by atoms with Crippen LogP contribution in [0.5, 0.6) is 0 Å². The second-order valence-electron chi connectivity index (χ2n) is 4.75. The SMILES string of the molecule is CNCC(Cc1ccc(Br)cc1Cl)c1ccc(Br)cc1. The molecule has 2 aromatic rings. The summed E-state index contributed by atoms with van der Waals surface area (Å²) in [6.45, 7) is 0.925. The Kier molecular flexibility index (Phi) is 6.09. The number of likely N-dealkylation sites (N-methyl/N-ethyl adjacent to an activating group) is 1. The Hall–Kier alpha value is -0.350.